The van der Waals surface area contributed by atoms with Gasteiger partial charge >= 0.3 is 0 Å². The Balaban J connectivity index is 2.30. The van der Waals surface area contributed by atoms with Gasteiger partial charge in [0.05, 0.1) is 31.5 Å². The molecule has 1 saturated heterocycles. The van der Waals surface area contributed by atoms with Gasteiger partial charge in [0.1, 0.15) is 12.6 Å². The second-order valence-corrected chi connectivity index (χ2v) is 4.94. The highest BCUT2D eigenvalue weighted by molar-refractivity contribution is 5.28. The first-order valence-electron chi connectivity index (χ1n) is 6.46. The van der Waals surface area contributed by atoms with Crippen molar-refractivity contribution >= 4 is 0 Å². The lowest BCUT2D eigenvalue weighted by Crippen LogP contribution is -2.59. The van der Waals surface area contributed by atoms with E-state index in [0.29, 0.717) is 12.2 Å². The van der Waals surface area contributed by atoms with E-state index in [0.717, 1.165) is 0 Å². The zero-order valence-electron chi connectivity index (χ0n) is 11.4. The molecule has 0 unspecified atom stereocenters. The van der Waals surface area contributed by atoms with E-state index >= 15 is 0 Å². The molecule has 0 aromatic heterocycles. The lowest BCUT2D eigenvalue weighted by Gasteiger charge is -2.44. The van der Waals surface area contributed by atoms with Gasteiger partial charge in [-0.15, -0.1) is 0 Å². The fourth-order valence-electron chi connectivity index (χ4n) is 2.62. The molecule has 112 valence electrons. The molecule has 0 spiro atoms. The predicted molar refractivity (Wildman–Crippen MR) is 70.4 cm³/mol. The van der Waals surface area contributed by atoms with Crippen molar-refractivity contribution in [1.29, 1.82) is 0 Å². The Bertz CT molecular complexity index is 445. The van der Waals surface area contributed by atoms with Crippen LogP contribution in [0.2, 0.25) is 0 Å². The van der Waals surface area contributed by atoms with Crippen LogP contribution in [0, 0.1) is 11.7 Å². The molecule has 1 heterocycles. The van der Waals surface area contributed by atoms with Crippen molar-refractivity contribution in [1.82, 2.24) is 0 Å². The van der Waals surface area contributed by atoms with Crippen LogP contribution in [0.4, 0.5) is 4.39 Å². The van der Waals surface area contributed by atoms with Crippen molar-refractivity contribution < 1.29 is 23.7 Å². The monoisotopic (exact) mass is 285 g/mol. The van der Waals surface area contributed by atoms with Crippen LogP contribution in [0.3, 0.4) is 0 Å². The van der Waals surface area contributed by atoms with Crippen molar-refractivity contribution in [3.8, 4) is 0 Å². The van der Waals surface area contributed by atoms with E-state index in [-0.39, 0.29) is 20.0 Å². The van der Waals surface area contributed by atoms with Crippen LogP contribution in [0.15, 0.2) is 24.3 Å². The van der Waals surface area contributed by atoms with Crippen LogP contribution in [0.1, 0.15) is 5.56 Å². The molecule has 20 heavy (non-hydrogen) atoms. The minimum absolute atomic E-state index is 0.0673. The number of halogens is 1. The zero-order valence-corrected chi connectivity index (χ0v) is 11.4. The number of hydrogen-bond acceptors (Lipinski definition) is 5. The summed E-state index contributed by atoms with van der Waals surface area (Å²) in [6.45, 7) is 0.272. The molecule has 0 amide bonds. The summed E-state index contributed by atoms with van der Waals surface area (Å²) >= 11 is 0. The van der Waals surface area contributed by atoms with E-state index in [4.69, 9.17) is 19.9 Å². The van der Waals surface area contributed by atoms with Crippen molar-refractivity contribution in [3.05, 3.63) is 35.6 Å². The summed E-state index contributed by atoms with van der Waals surface area (Å²) in [7, 11) is 1.50. The summed E-state index contributed by atoms with van der Waals surface area (Å²) < 4.78 is 29.8. The Morgan fingerprint density at radius 3 is 2.90 bits per heavy atom. The normalized spacial score (nSPS) is 30.4. The number of rotatable bonds is 5. The van der Waals surface area contributed by atoms with Crippen LogP contribution in [-0.4, -0.2) is 44.9 Å². The van der Waals surface area contributed by atoms with E-state index in [1.165, 1.54) is 13.2 Å². The molecule has 3 N–H and O–H groups in total. The summed E-state index contributed by atoms with van der Waals surface area (Å²) in [6.07, 6.45) is -0.446. The fourth-order valence-corrected chi connectivity index (χ4v) is 2.62. The number of methoxy groups -OCH3 is 1. The van der Waals surface area contributed by atoms with Crippen molar-refractivity contribution in [2.24, 2.45) is 11.7 Å². The van der Waals surface area contributed by atoms with Gasteiger partial charge in [0, 0.05) is 18.6 Å². The summed E-state index contributed by atoms with van der Waals surface area (Å²) in [5, 5.41) is 9.67. The molecule has 5 nitrogen and oxygen atoms in total. The van der Waals surface area contributed by atoms with Crippen LogP contribution < -0.4 is 5.73 Å². The maximum absolute atomic E-state index is 14.0. The van der Waals surface area contributed by atoms with Gasteiger partial charge in [-0.25, -0.2) is 4.39 Å². The maximum Gasteiger partial charge on any atom is 0.146 e. The Morgan fingerprint density at radius 2 is 2.25 bits per heavy atom. The molecule has 1 fully saturated rings. The van der Waals surface area contributed by atoms with Gasteiger partial charge in [0.25, 0.3) is 0 Å². The highest BCUT2D eigenvalue weighted by Gasteiger charge is 2.46. The Kier molecular flexibility index (Phi) is 5.06. The quantitative estimate of drug-likeness (QED) is 0.775. The lowest BCUT2D eigenvalue weighted by molar-refractivity contribution is -0.170. The van der Waals surface area contributed by atoms with Crippen molar-refractivity contribution in [3.63, 3.8) is 0 Å². The van der Waals surface area contributed by atoms with E-state index in [1.807, 2.05) is 0 Å². The average Bonchev–Trinajstić information content (AvgIpc) is 2.45. The van der Waals surface area contributed by atoms with Gasteiger partial charge < -0.3 is 25.1 Å². The Morgan fingerprint density at radius 1 is 1.50 bits per heavy atom. The SMILES string of the molecule is COCO[C@H]1COC[C@@](N)(c2ccccc2F)[C@@H]1CO. The van der Waals surface area contributed by atoms with Crippen molar-refractivity contribution in [2.45, 2.75) is 11.6 Å². The topological polar surface area (TPSA) is 73.9 Å². The molecular formula is C14H20FNO4. The van der Waals surface area contributed by atoms with Crippen LogP contribution in [0.5, 0.6) is 0 Å². The molecule has 6 heteroatoms. The van der Waals surface area contributed by atoms with Gasteiger partial charge in [-0.2, -0.15) is 0 Å². The highest BCUT2D eigenvalue weighted by Crippen LogP contribution is 2.35. The van der Waals surface area contributed by atoms with E-state index in [9.17, 15) is 9.50 Å². The average molecular weight is 285 g/mol. The number of benzene rings is 1. The van der Waals surface area contributed by atoms with E-state index in [2.05, 4.69) is 0 Å². The number of nitrogens with two attached hydrogens (primary N) is 1. The Hall–Kier alpha value is -1.05. The first-order valence-corrected chi connectivity index (χ1v) is 6.46. The van der Waals surface area contributed by atoms with Gasteiger partial charge in [-0.05, 0) is 6.07 Å². The molecule has 1 aromatic carbocycles. The summed E-state index contributed by atoms with van der Waals surface area (Å²) in [4.78, 5) is 0. The molecule has 1 aliphatic heterocycles. The number of ether oxygens (including phenoxy) is 3. The van der Waals surface area contributed by atoms with Gasteiger partial charge in [-0.3, -0.25) is 0 Å². The largest absolute Gasteiger partial charge is 0.396 e. The molecular weight excluding hydrogens is 265 g/mol. The van der Waals surface area contributed by atoms with E-state index in [1.54, 1.807) is 18.2 Å². The van der Waals surface area contributed by atoms with Crippen molar-refractivity contribution in [2.75, 3.05) is 33.7 Å². The summed E-state index contributed by atoms with van der Waals surface area (Å²) in [5.74, 6) is -0.882. The fraction of sp³-hybridized carbons (Fsp3) is 0.571. The zero-order chi connectivity index (χ0) is 14.6. The first-order chi connectivity index (χ1) is 9.63. The van der Waals surface area contributed by atoms with Crippen LogP contribution >= 0.6 is 0 Å². The first kappa shape index (κ1) is 15.3. The molecule has 0 bridgehead atoms. The second kappa shape index (κ2) is 6.60. The highest BCUT2D eigenvalue weighted by atomic mass is 19.1. The molecule has 2 rings (SSSR count). The maximum atomic E-state index is 14.0. The van der Waals surface area contributed by atoms with Crippen LogP contribution in [-0.2, 0) is 19.7 Å². The second-order valence-electron chi connectivity index (χ2n) is 4.94. The third-order valence-corrected chi connectivity index (χ3v) is 3.71. The van der Waals surface area contributed by atoms with E-state index < -0.39 is 23.4 Å². The summed E-state index contributed by atoms with van der Waals surface area (Å²) in [6, 6.07) is 6.26. The third-order valence-electron chi connectivity index (χ3n) is 3.71. The number of hydrogen-bond donors (Lipinski definition) is 2. The molecule has 1 aromatic rings. The third kappa shape index (κ3) is 2.84. The molecule has 0 aliphatic carbocycles. The van der Waals surface area contributed by atoms with Gasteiger partial charge in [0.15, 0.2) is 0 Å². The predicted octanol–water partition coefficient (Wildman–Crippen LogP) is 0.608. The molecule has 1 aliphatic rings. The van der Waals surface area contributed by atoms with Crippen LogP contribution in [0.25, 0.3) is 0 Å². The smallest absolute Gasteiger partial charge is 0.146 e. The van der Waals surface area contributed by atoms with Gasteiger partial charge in [0.2, 0.25) is 0 Å². The molecule has 3 atom stereocenters. The standard InChI is InChI=1S/C14H20FNO4/c1-18-9-20-13-7-19-8-14(16,11(13)6-17)10-4-2-3-5-12(10)15/h2-5,11,13,17H,6-9,16H2,1H3/t11-,13+,14-/m1/s1. The minimum atomic E-state index is -1.13. The molecule has 0 saturated carbocycles. The number of aliphatic hydroxyl groups excluding tert-OH is 1. The summed E-state index contributed by atoms with van der Waals surface area (Å²) in [5.41, 5.74) is 5.55. The Labute approximate surface area is 117 Å². The number of aliphatic hydroxyl groups is 1. The molecule has 0 radical (unpaired) electrons. The minimum Gasteiger partial charge on any atom is -0.396 e. The lowest BCUT2D eigenvalue weighted by atomic mass is 9.75. The van der Waals surface area contributed by atoms with Gasteiger partial charge in [-0.1, -0.05) is 18.2 Å².